The first-order chi connectivity index (χ1) is 10.1. The molecule has 0 spiro atoms. The molecule has 2 heterocycles. The van der Waals surface area contributed by atoms with Gasteiger partial charge in [-0.05, 0) is 38.4 Å². The number of aliphatic carboxylic acids is 1. The lowest BCUT2D eigenvalue weighted by molar-refractivity contribution is -0.133. The maximum absolute atomic E-state index is 10.7. The summed E-state index contributed by atoms with van der Waals surface area (Å²) in [4.78, 5) is 13.1. The minimum Gasteiger partial charge on any atom is -0.481 e. The molecule has 0 atom stereocenters. The maximum Gasteiger partial charge on any atom is 0.313 e. The number of aliphatic hydroxyl groups excluding tert-OH is 1. The van der Waals surface area contributed by atoms with Crippen molar-refractivity contribution < 1.29 is 15.0 Å². The van der Waals surface area contributed by atoms with Crippen LogP contribution in [0.4, 0.5) is 0 Å². The number of likely N-dealkylation sites (tertiary alicyclic amines) is 1. The van der Waals surface area contributed by atoms with Crippen LogP contribution in [0.15, 0.2) is 5.16 Å². The molecule has 1 aromatic heterocycles. The third-order valence-electron chi connectivity index (χ3n) is 3.85. The molecule has 1 fully saturated rings. The van der Waals surface area contributed by atoms with Crippen molar-refractivity contribution in [2.24, 2.45) is 5.92 Å². The van der Waals surface area contributed by atoms with Gasteiger partial charge in [-0.25, -0.2) is 0 Å². The van der Waals surface area contributed by atoms with Gasteiger partial charge in [0.05, 0.1) is 5.75 Å². The summed E-state index contributed by atoms with van der Waals surface area (Å²) in [7, 11) is 0. The van der Waals surface area contributed by atoms with Crippen LogP contribution >= 0.6 is 11.8 Å². The van der Waals surface area contributed by atoms with Crippen LogP contribution < -0.4 is 0 Å². The van der Waals surface area contributed by atoms with Gasteiger partial charge in [0, 0.05) is 6.54 Å². The standard InChI is InChI=1S/C13H22N4O3S/c1-2-16-5-3-10(4-6-16)7-17-11(8-18)14-15-13(17)21-9-12(19)20/h10,18H,2-9H2,1H3,(H,19,20). The first-order valence-corrected chi connectivity index (χ1v) is 8.22. The fourth-order valence-corrected chi connectivity index (χ4v) is 3.28. The normalized spacial score (nSPS) is 17.2. The summed E-state index contributed by atoms with van der Waals surface area (Å²) in [6.07, 6.45) is 2.22. The molecule has 118 valence electrons. The Morgan fingerprint density at radius 1 is 1.38 bits per heavy atom. The van der Waals surface area contributed by atoms with E-state index in [2.05, 4.69) is 22.0 Å². The van der Waals surface area contributed by atoms with E-state index in [9.17, 15) is 9.90 Å². The number of carbonyl (C=O) groups is 1. The molecule has 0 bridgehead atoms. The van der Waals surface area contributed by atoms with E-state index >= 15 is 0 Å². The molecule has 0 amide bonds. The van der Waals surface area contributed by atoms with Crippen LogP contribution in [0.2, 0.25) is 0 Å². The van der Waals surface area contributed by atoms with Gasteiger partial charge in [0.25, 0.3) is 0 Å². The molecule has 0 unspecified atom stereocenters. The number of rotatable bonds is 7. The van der Waals surface area contributed by atoms with Crippen LogP contribution in [0.5, 0.6) is 0 Å². The average Bonchev–Trinajstić information content (AvgIpc) is 2.88. The highest BCUT2D eigenvalue weighted by atomic mass is 32.2. The summed E-state index contributed by atoms with van der Waals surface area (Å²) in [5.41, 5.74) is 0. The lowest BCUT2D eigenvalue weighted by atomic mass is 9.97. The van der Waals surface area contributed by atoms with Gasteiger partial charge in [-0.15, -0.1) is 10.2 Å². The Kier molecular flexibility index (Phi) is 6.01. The van der Waals surface area contributed by atoms with Crippen LogP contribution in [0.25, 0.3) is 0 Å². The molecular weight excluding hydrogens is 292 g/mol. The number of thioether (sulfide) groups is 1. The molecule has 1 aliphatic heterocycles. The summed E-state index contributed by atoms with van der Waals surface area (Å²) in [6.45, 7) is 6.02. The Balaban J connectivity index is 2.00. The van der Waals surface area contributed by atoms with Gasteiger partial charge in [0.2, 0.25) is 0 Å². The van der Waals surface area contributed by atoms with Crippen molar-refractivity contribution in [2.45, 2.75) is 38.1 Å². The van der Waals surface area contributed by atoms with Gasteiger partial charge in [-0.1, -0.05) is 18.7 Å². The second-order valence-electron chi connectivity index (χ2n) is 5.23. The van der Waals surface area contributed by atoms with E-state index in [1.54, 1.807) is 0 Å². The molecule has 1 saturated heterocycles. The molecule has 1 aliphatic rings. The quantitative estimate of drug-likeness (QED) is 0.715. The molecule has 21 heavy (non-hydrogen) atoms. The Morgan fingerprint density at radius 3 is 2.67 bits per heavy atom. The lowest BCUT2D eigenvalue weighted by Gasteiger charge is -2.31. The average molecular weight is 314 g/mol. The largest absolute Gasteiger partial charge is 0.481 e. The highest BCUT2D eigenvalue weighted by Crippen LogP contribution is 2.23. The van der Waals surface area contributed by atoms with Gasteiger partial charge < -0.3 is 19.7 Å². The molecule has 0 aliphatic carbocycles. The summed E-state index contributed by atoms with van der Waals surface area (Å²) in [5, 5.41) is 26.7. The van der Waals surface area contributed by atoms with Crippen molar-refractivity contribution in [1.29, 1.82) is 0 Å². The second kappa shape index (κ2) is 7.77. The highest BCUT2D eigenvalue weighted by Gasteiger charge is 2.22. The zero-order chi connectivity index (χ0) is 15.2. The molecule has 8 heteroatoms. The van der Waals surface area contributed by atoms with E-state index < -0.39 is 5.97 Å². The zero-order valence-corrected chi connectivity index (χ0v) is 13.1. The maximum atomic E-state index is 10.7. The Labute approximate surface area is 128 Å². The number of piperidine rings is 1. The van der Waals surface area contributed by atoms with E-state index in [0.717, 1.165) is 50.8 Å². The highest BCUT2D eigenvalue weighted by molar-refractivity contribution is 7.99. The molecule has 0 aromatic carbocycles. The molecule has 0 radical (unpaired) electrons. The molecular formula is C13H22N4O3S. The first-order valence-electron chi connectivity index (χ1n) is 7.24. The SMILES string of the molecule is CCN1CCC(Cn2c(CO)nnc2SCC(=O)O)CC1. The Bertz CT molecular complexity index is 472. The van der Waals surface area contributed by atoms with Crippen molar-refractivity contribution in [3.05, 3.63) is 5.82 Å². The number of hydrogen-bond acceptors (Lipinski definition) is 6. The van der Waals surface area contributed by atoms with Crippen LogP contribution in [-0.4, -0.2) is 61.2 Å². The van der Waals surface area contributed by atoms with Crippen LogP contribution in [0, 0.1) is 5.92 Å². The van der Waals surface area contributed by atoms with Crippen LogP contribution in [0.1, 0.15) is 25.6 Å². The van der Waals surface area contributed by atoms with E-state index in [-0.39, 0.29) is 12.4 Å². The fraction of sp³-hybridized carbons (Fsp3) is 0.769. The lowest BCUT2D eigenvalue weighted by Crippen LogP contribution is -2.35. The monoisotopic (exact) mass is 314 g/mol. The molecule has 7 nitrogen and oxygen atoms in total. The summed E-state index contributed by atoms with van der Waals surface area (Å²) in [5.74, 6) is 0.119. The summed E-state index contributed by atoms with van der Waals surface area (Å²) < 4.78 is 1.87. The third kappa shape index (κ3) is 4.42. The Hall–Kier alpha value is -1.12. The molecule has 2 rings (SSSR count). The van der Waals surface area contributed by atoms with E-state index in [1.807, 2.05) is 4.57 Å². The van der Waals surface area contributed by atoms with E-state index in [1.165, 1.54) is 0 Å². The Morgan fingerprint density at radius 2 is 2.10 bits per heavy atom. The topological polar surface area (TPSA) is 91.5 Å². The van der Waals surface area contributed by atoms with Crippen molar-refractivity contribution >= 4 is 17.7 Å². The molecule has 0 saturated carbocycles. The van der Waals surface area contributed by atoms with Crippen LogP contribution in [-0.2, 0) is 17.9 Å². The number of carboxylic acid groups (broad SMARTS) is 1. The van der Waals surface area contributed by atoms with Gasteiger partial charge in [0.1, 0.15) is 6.61 Å². The minimum atomic E-state index is -0.878. The first kappa shape index (κ1) is 16.3. The number of aromatic nitrogens is 3. The minimum absolute atomic E-state index is 0.0438. The molecule has 2 N–H and O–H groups in total. The third-order valence-corrected chi connectivity index (χ3v) is 4.81. The number of hydrogen-bond donors (Lipinski definition) is 2. The van der Waals surface area contributed by atoms with Gasteiger partial charge in [-0.2, -0.15) is 0 Å². The number of carboxylic acids is 1. The van der Waals surface area contributed by atoms with Gasteiger partial charge in [-0.3, -0.25) is 4.79 Å². The predicted molar refractivity (Wildman–Crippen MR) is 79.1 cm³/mol. The smallest absolute Gasteiger partial charge is 0.313 e. The summed E-state index contributed by atoms with van der Waals surface area (Å²) in [6, 6.07) is 0. The van der Waals surface area contributed by atoms with E-state index in [0.29, 0.717) is 16.9 Å². The number of nitrogens with zero attached hydrogens (tertiary/aromatic N) is 4. The molecule has 1 aromatic rings. The number of aliphatic hydroxyl groups is 1. The van der Waals surface area contributed by atoms with E-state index in [4.69, 9.17) is 5.11 Å². The van der Waals surface area contributed by atoms with Crippen molar-refractivity contribution in [3.8, 4) is 0 Å². The second-order valence-corrected chi connectivity index (χ2v) is 6.17. The van der Waals surface area contributed by atoms with Crippen molar-refractivity contribution in [3.63, 3.8) is 0 Å². The van der Waals surface area contributed by atoms with Gasteiger partial charge >= 0.3 is 5.97 Å². The fourth-order valence-electron chi connectivity index (χ4n) is 2.60. The van der Waals surface area contributed by atoms with Gasteiger partial charge in [0.15, 0.2) is 11.0 Å². The zero-order valence-electron chi connectivity index (χ0n) is 12.2. The van der Waals surface area contributed by atoms with Crippen molar-refractivity contribution in [2.75, 3.05) is 25.4 Å². The van der Waals surface area contributed by atoms with Crippen molar-refractivity contribution in [1.82, 2.24) is 19.7 Å². The predicted octanol–water partition coefficient (Wildman–Crippen LogP) is 0.679. The summed E-state index contributed by atoms with van der Waals surface area (Å²) >= 11 is 1.15. The van der Waals surface area contributed by atoms with Crippen LogP contribution in [0.3, 0.4) is 0 Å².